The number of nitrogens with two attached hydrogens (primary N) is 1. The molecule has 1 aromatic rings. The molecule has 118 valence electrons. The van der Waals surface area contributed by atoms with E-state index in [4.69, 9.17) is 15.2 Å². The summed E-state index contributed by atoms with van der Waals surface area (Å²) in [6.45, 7) is 3.16. The summed E-state index contributed by atoms with van der Waals surface area (Å²) in [5.41, 5.74) is 5.73. The third-order valence-corrected chi connectivity index (χ3v) is 5.23. The van der Waals surface area contributed by atoms with E-state index < -0.39 is 15.6 Å². The lowest BCUT2D eigenvalue weighted by atomic mass is 9.97. The van der Waals surface area contributed by atoms with Gasteiger partial charge in [0.1, 0.15) is 10.6 Å². The highest BCUT2D eigenvalue weighted by Crippen LogP contribution is 2.28. The first-order valence-corrected chi connectivity index (χ1v) is 8.37. The molecule has 0 aromatic heterocycles. The number of hydrogen-bond donors (Lipinski definition) is 2. The summed E-state index contributed by atoms with van der Waals surface area (Å²) < 4.78 is 38.6. The van der Waals surface area contributed by atoms with Gasteiger partial charge in [0.15, 0.2) is 0 Å². The fourth-order valence-electron chi connectivity index (χ4n) is 2.45. The summed E-state index contributed by atoms with van der Waals surface area (Å²) in [5.74, 6) is 0.306. The molecule has 0 radical (unpaired) electrons. The second kappa shape index (κ2) is 6.31. The van der Waals surface area contributed by atoms with E-state index in [1.807, 2.05) is 6.92 Å². The van der Waals surface area contributed by atoms with Gasteiger partial charge in [0.05, 0.1) is 19.3 Å². The Morgan fingerprint density at radius 1 is 1.48 bits per heavy atom. The van der Waals surface area contributed by atoms with Gasteiger partial charge in [-0.2, -0.15) is 0 Å². The highest BCUT2D eigenvalue weighted by molar-refractivity contribution is 7.89. The van der Waals surface area contributed by atoms with Crippen LogP contribution in [0.3, 0.4) is 0 Å². The molecule has 1 heterocycles. The third kappa shape index (κ3) is 3.74. The number of methoxy groups -OCH3 is 1. The Labute approximate surface area is 125 Å². The van der Waals surface area contributed by atoms with Gasteiger partial charge < -0.3 is 15.2 Å². The van der Waals surface area contributed by atoms with E-state index in [0.717, 1.165) is 18.4 Å². The molecule has 3 N–H and O–H groups in total. The standard InChI is InChI=1S/C14H22N2O4S/c1-14(6-3-7-20-10-14)16-21(17,18)13-8-11(9-15)4-5-12(13)19-2/h4-5,8,16H,3,6-7,9-10,15H2,1-2H3. The number of sulfonamides is 1. The van der Waals surface area contributed by atoms with Crippen LogP contribution in [0.2, 0.25) is 0 Å². The van der Waals surface area contributed by atoms with Gasteiger partial charge in [-0.25, -0.2) is 13.1 Å². The Morgan fingerprint density at radius 2 is 2.24 bits per heavy atom. The van der Waals surface area contributed by atoms with Crippen LogP contribution >= 0.6 is 0 Å². The lowest BCUT2D eigenvalue weighted by molar-refractivity contribution is 0.0386. The molecule has 0 spiro atoms. The highest BCUT2D eigenvalue weighted by atomic mass is 32.2. The van der Waals surface area contributed by atoms with E-state index in [9.17, 15) is 8.42 Å². The van der Waals surface area contributed by atoms with Crippen molar-refractivity contribution >= 4 is 10.0 Å². The molecular weight excluding hydrogens is 292 g/mol. The minimum absolute atomic E-state index is 0.111. The van der Waals surface area contributed by atoms with Crippen molar-refractivity contribution in [2.75, 3.05) is 20.3 Å². The van der Waals surface area contributed by atoms with Gasteiger partial charge in [0, 0.05) is 13.2 Å². The zero-order valence-electron chi connectivity index (χ0n) is 12.4. The number of benzene rings is 1. The summed E-state index contributed by atoms with van der Waals surface area (Å²) in [4.78, 5) is 0.111. The average molecular weight is 314 g/mol. The van der Waals surface area contributed by atoms with Crippen molar-refractivity contribution in [3.8, 4) is 5.75 Å². The first kappa shape index (κ1) is 16.2. The molecule has 1 aliphatic rings. The minimum atomic E-state index is -3.70. The molecule has 0 aliphatic carbocycles. The van der Waals surface area contributed by atoms with Crippen LogP contribution in [0, 0.1) is 0 Å². The van der Waals surface area contributed by atoms with Gasteiger partial charge in [-0.1, -0.05) is 6.07 Å². The van der Waals surface area contributed by atoms with Crippen molar-refractivity contribution in [2.24, 2.45) is 5.73 Å². The Hall–Kier alpha value is -1.15. The predicted molar refractivity (Wildman–Crippen MR) is 79.7 cm³/mol. The van der Waals surface area contributed by atoms with Gasteiger partial charge in [0.2, 0.25) is 10.0 Å². The number of hydrogen-bond acceptors (Lipinski definition) is 5. The predicted octanol–water partition coefficient (Wildman–Crippen LogP) is 1.00. The molecule has 2 rings (SSSR count). The second-order valence-electron chi connectivity index (χ2n) is 5.51. The summed E-state index contributed by atoms with van der Waals surface area (Å²) in [6.07, 6.45) is 1.57. The van der Waals surface area contributed by atoms with Crippen molar-refractivity contribution in [1.29, 1.82) is 0 Å². The summed E-state index contributed by atoms with van der Waals surface area (Å²) >= 11 is 0. The largest absolute Gasteiger partial charge is 0.495 e. The van der Waals surface area contributed by atoms with Crippen molar-refractivity contribution in [2.45, 2.75) is 36.7 Å². The molecule has 7 heteroatoms. The van der Waals surface area contributed by atoms with Gasteiger partial charge in [-0.05, 0) is 37.5 Å². The Balaban J connectivity index is 2.34. The SMILES string of the molecule is COc1ccc(CN)cc1S(=O)(=O)NC1(C)CCCOC1. The summed E-state index contributed by atoms with van der Waals surface area (Å²) in [5, 5.41) is 0. The Kier molecular flexibility index (Phi) is 4.88. The highest BCUT2D eigenvalue weighted by Gasteiger charge is 2.34. The molecule has 0 bridgehead atoms. The molecular formula is C14H22N2O4S. The summed E-state index contributed by atoms with van der Waals surface area (Å²) in [6, 6.07) is 4.92. The van der Waals surface area contributed by atoms with Crippen LogP contribution in [0.1, 0.15) is 25.3 Å². The van der Waals surface area contributed by atoms with Crippen LogP contribution in [-0.4, -0.2) is 34.3 Å². The molecule has 0 amide bonds. The van der Waals surface area contributed by atoms with Crippen LogP contribution in [-0.2, 0) is 21.3 Å². The lowest BCUT2D eigenvalue weighted by Crippen LogP contribution is -2.51. The molecule has 1 saturated heterocycles. The lowest BCUT2D eigenvalue weighted by Gasteiger charge is -2.34. The normalized spacial score (nSPS) is 23.0. The first-order valence-electron chi connectivity index (χ1n) is 6.89. The molecule has 1 fully saturated rings. The Morgan fingerprint density at radius 3 is 2.81 bits per heavy atom. The van der Waals surface area contributed by atoms with E-state index in [1.54, 1.807) is 18.2 Å². The van der Waals surface area contributed by atoms with Crippen LogP contribution in [0.5, 0.6) is 5.75 Å². The quantitative estimate of drug-likeness (QED) is 0.846. The minimum Gasteiger partial charge on any atom is -0.495 e. The zero-order valence-corrected chi connectivity index (χ0v) is 13.2. The van der Waals surface area contributed by atoms with Gasteiger partial charge >= 0.3 is 0 Å². The van der Waals surface area contributed by atoms with E-state index in [-0.39, 0.29) is 11.4 Å². The van der Waals surface area contributed by atoms with E-state index >= 15 is 0 Å². The number of ether oxygens (including phenoxy) is 2. The maximum atomic E-state index is 12.7. The molecule has 0 saturated carbocycles. The van der Waals surface area contributed by atoms with Crippen molar-refractivity contribution in [1.82, 2.24) is 4.72 Å². The maximum absolute atomic E-state index is 12.7. The molecule has 1 unspecified atom stereocenters. The fraction of sp³-hybridized carbons (Fsp3) is 0.571. The van der Waals surface area contributed by atoms with Crippen molar-refractivity contribution < 1.29 is 17.9 Å². The topological polar surface area (TPSA) is 90.7 Å². The molecule has 1 aliphatic heterocycles. The van der Waals surface area contributed by atoms with Crippen LogP contribution in [0.25, 0.3) is 0 Å². The second-order valence-corrected chi connectivity index (χ2v) is 7.16. The van der Waals surface area contributed by atoms with Crippen molar-refractivity contribution in [3.05, 3.63) is 23.8 Å². The van der Waals surface area contributed by atoms with E-state index in [1.165, 1.54) is 7.11 Å². The van der Waals surface area contributed by atoms with Crippen LogP contribution < -0.4 is 15.2 Å². The third-order valence-electron chi connectivity index (χ3n) is 3.57. The van der Waals surface area contributed by atoms with Crippen molar-refractivity contribution in [3.63, 3.8) is 0 Å². The number of nitrogens with one attached hydrogen (secondary N) is 1. The number of rotatable bonds is 5. The van der Waals surface area contributed by atoms with Gasteiger partial charge in [0.25, 0.3) is 0 Å². The molecule has 1 atom stereocenters. The maximum Gasteiger partial charge on any atom is 0.244 e. The van der Waals surface area contributed by atoms with Crippen LogP contribution in [0.4, 0.5) is 0 Å². The molecule has 21 heavy (non-hydrogen) atoms. The van der Waals surface area contributed by atoms with Gasteiger partial charge in [-0.15, -0.1) is 0 Å². The Bertz CT molecular complexity index is 595. The molecule has 1 aromatic carbocycles. The monoisotopic (exact) mass is 314 g/mol. The average Bonchev–Trinajstić information content (AvgIpc) is 2.46. The first-order chi connectivity index (χ1) is 9.90. The van der Waals surface area contributed by atoms with Crippen LogP contribution in [0.15, 0.2) is 23.1 Å². The molecule has 6 nitrogen and oxygen atoms in total. The van der Waals surface area contributed by atoms with Gasteiger partial charge in [-0.3, -0.25) is 0 Å². The van der Waals surface area contributed by atoms with E-state index in [0.29, 0.717) is 19.0 Å². The van der Waals surface area contributed by atoms with E-state index in [2.05, 4.69) is 4.72 Å². The fourth-order valence-corrected chi connectivity index (χ4v) is 4.09. The summed E-state index contributed by atoms with van der Waals surface area (Å²) in [7, 11) is -2.26. The smallest absolute Gasteiger partial charge is 0.244 e. The zero-order chi connectivity index (χ0) is 15.5.